The molecule has 0 saturated carbocycles. The van der Waals surface area contributed by atoms with E-state index >= 15 is 0 Å². The van der Waals surface area contributed by atoms with Gasteiger partial charge in [-0.05, 0) is 49.8 Å². The molecule has 1 aromatic carbocycles. The van der Waals surface area contributed by atoms with Crippen LogP contribution in [-0.2, 0) is 11.2 Å². The molecular formula is C18H24ClNO3. The van der Waals surface area contributed by atoms with E-state index in [1.807, 2.05) is 19.1 Å². The molecule has 1 amide bonds. The first kappa shape index (κ1) is 19.2. The van der Waals surface area contributed by atoms with Gasteiger partial charge in [-0.15, -0.1) is 0 Å². The molecule has 0 aliphatic heterocycles. The molecule has 4 nitrogen and oxygen atoms in total. The average molecular weight is 338 g/mol. The highest BCUT2D eigenvalue weighted by molar-refractivity contribution is 6.31. The van der Waals surface area contributed by atoms with Crippen LogP contribution in [-0.4, -0.2) is 17.0 Å². The van der Waals surface area contributed by atoms with Crippen LogP contribution >= 0.6 is 11.6 Å². The van der Waals surface area contributed by atoms with Gasteiger partial charge in [-0.1, -0.05) is 43.2 Å². The second-order valence-electron chi connectivity index (χ2n) is 5.57. The highest BCUT2D eigenvalue weighted by Crippen LogP contribution is 2.19. The fourth-order valence-corrected chi connectivity index (χ4v) is 2.61. The molecule has 0 spiro atoms. The summed E-state index contributed by atoms with van der Waals surface area (Å²) < 4.78 is 0. The van der Waals surface area contributed by atoms with Gasteiger partial charge < -0.3 is 10.8 Å². The Morgan fingerprint density at radius 3 is 2.61 bits per heavy atom. The minimum Gasteiger partial charge on any atom is -0.481 e. The molecule has 1 aromatic rings. The van der Waals surface area contributed by atoms with E-state index in [1.165, 1.54) is 0 Å². The summed E-state index contributed by atoms with van der Waals surface area (Å²) in [7, 11) is 0. The Labute approximate surface area is 142 Å². The van der Waals surface area contributed by atoms with Crippen LogP contribution in [0.1, 0.15) is 54.9 Å². The number of rotatable bonds is 10. The molecule has 0 radical (unpaired) electrons. The van der Waals surface area contributed by atoms with Crippen molar-refractivity contribution in [2.45, 2.75) is 45.4 Å². The van der Waals surface area contributed by atoms with Crippen LogP contribution < -0.4 is 5.73 Å². The van der Waals surface area contributed by atoms with Gasteiger partial charge in [0.15, 0.2) is 0 Å². The van der Waals surface area contributed by atoms with E-state index in [0.717, 1.165) is 31.2 Å². The molecule has 0 saturated heterocycles. The highest BCUT2D eigenvalue weighted by Gasteiger charge is 2.13. The van der Waals surface area contributed by atoms with Crippen molar-refractivity contribution < 1.29 is 14.7 Å². The number of carbonyl (C=O) groups is 2. The van der Waals surface area contributed by atoms with E-state index in [4.69, 9.17) is 22.4 Å². The van der Waals surface area contributed by atoms with Crippen molar-refractivity contribution in [2.75, 3.05) is 0 Å². The summed E-state index contributed by atoms with van der Waals surface area (Å²) in [5.41, 5.74) is 6.56. The summed E-state index contributed by atoms with van der Waals surface area (Å²) >= 11 is 6.12. The van der Waals surface area contributed by atoms with E-state index in [9.17, 15) is 9.59 Å². The lowest BCUT2D eigenvalue weighted by atomic mass is 9.99. The number of hydrogen-bond donors (Lipinski definition) is 2. The zero-order valence-corrected chi connectivity index (χ0v) is 14.2. The third kappa shape index (κ3) is 6.87. The van der Waals surface area contributed by atoms with Gasteiger partial charge in [0.25, 0.3) is 0 Å². The van der Waals surface area contributed by atoms with Crippen LogP contribution in [0.15, 0.2) is 30.4 Å². The maximum Gasteiger partial charge on any atom is 0.306 e. The number of carbonyl (C=O) groups excluding carboxylic acids is 1. The van der Waals surface area contributed by atoms with Crippen molar-refractivity contribution in [1.29, 1.82) is 0 Å². The summed E-state index contributed by atoms with van der Waals surface area (Å²) in [5, 5.41) is 9.50. The molecule has 0 fully saturated rings. The summed E-state index contributed by atoms with van der Waals surface area (Å²) in [6, 6.07) is 5.07. The van der Waals surface area contributed by atoms with Gasteiger partial charge in [-0.25, -0.2) is 0 Å². The molecule has 0 aliphatic carbocycles. The molecule has 1 rings (SSSR count). The predicted octanol–water partition coefficient (Wildman–Crippen LogP) is 4.21. The van der Waals surface area contributed by atoms with Crippen LogP contribution in [0.4, 0.5) is 0 Å². The first-order chi connectivity index (χ1) is 11.0. The molecule has 126 valence electrons. The largest absolute Gasteiger partial charge is 0.481 e. The number of primary amides is 1. The molecular weight excluding hydrogens is 314 g/mol. The van der Waals surface area contributed by atoms with Crippen molar-refractivity contribution in [3.8, 4) is 0 Å². The standard InChI is InChI=1S/C18H24ClNO3/c1-2-13(18(22)23)8-6-4-3-5-7-9-14-10-11-15(17(20)21)12-16(14)19/h5,7,10-13H,2-4,6,8-9H2,1H3,(H2,20,21)(H,22,23). The topological polar surface area (TPSA) is 80.4 Å². The van der Waals surface area contributed by atoms with Gasteiger partial charge in [0.2, 0.25) is 5.91 Å². The SMILES string of the molecule is CCC(CCCCC=CCc1ccc(C(N)=O)cc1Cl)C(=O)O. The Morgan fingerprint density at radius 1 is 1.30 bits per heavy atom. The second-order valence-corrected chi connectivity index (χ2v) is 5.98. The van der Waals surface area contributed by atoms with Crippen LogP contribution in [0.2, 0.25) is 5.02 Å². The Kier molecular flexibility index (Phi) is 8.41. The number of benzene rings is 1. The fraction of sp³-hybridized carbons (Fsp3) is 0.444. The van der Waals surface area contributed by atoms with E-state index in [-0.39, 0.29) is 5.92 Å². The van der Waals surface area contributed by atoms with Crippen molar-refractivity contribution in [3.05, 3.63) is 46.5 Å². The van der Waals surface area contributed by atoms with Crippen LogP contribution in [0.25, 0.3) is 0 Å². The summed E-state index contributed by atoms with van der Waals surface area (Å²) in [6.07, 6.45) is 9.07. The van der Waals surface area contributed by atoms with Gasteiger partial charge in [0.1, 0.15) is 0 Å². The number of amides is 1. The maximum absolute atomic E-state index is 11.0. The maximum atomic E-state index is 11.0. The molecule has 0 heterocycles. The first-order valence-electron chi connectivity index (χ1n) is 7.91. The number of carboxylic acids is 1. The van der Waals surface area contributed by atoms with E-state index in [1.54, 1.807) is 12.1 Å². The van der Waals surface area contributed by atoms with E-state index in [2.05, 4.69) is 6.08 Å². The Balaban J connectivity index is 2.32. The third-order valence-corrected chi connectivity index (χ3v) is 4.21. The van der Waals surface area contributed by atoms with Crippen molar-refractivity contribution in [2.24, 2.45) is 11.7 Å². The van der Waals surface area contributed by atoms with Gasteiger partial charge >= 0.3 is 5.97 Å². The lowest BCUT2D eigenvalue weighted by Gasteiger charge is -2.08. The van der Waals surface area contributed by atoms with Crippen LogP contribution in [0.5, 0.6) is 0 Å². The van der Waals surface area contributed by atoms with E-state index < -0.39 is 11.9 Å². The second kappa shape index (κ2) is 10.1. The molecule has 1 unspecified atom stereocenters. The number of hydrogen-bond acceptors (Lipinski definition) is 2. The molecule has 0 aromatic heterocycles. The number of carboxylic acid groups (broad SMARTS) is 1. The van der Waals surface area contributed by atoms with Gasteiger partial charge in [0.05, 0.1) is 5.92 Å². The number of aliphatic carboxylic acids is 1. The number of allylic oxidation sites excluding steroid dienone is 2. The molecule has 5 heteroatoms. The Hall–Kier alpha value is -1.81. The molecule has 0 bridgehead atoms. The predicted molar refractivity (Wildman–Crippen MR) is 92.7 cm³/mol. The zero-order chi connectivity index (χ0) is 17.2. The van der Waals surface area contributed by atoms with Gasteiger partial charge in [-0.2, -0.15) is 0 Å². The van der Waals surface area contributed by atoms with E-state index in [0.29, 0.717) is 23.4 Å². The molecule has 0 aliphatic rings. The highest BCUT2D eigenvalue weighted by atomic mass is 35.5. The summed E-state index contributed by atoms with van der Waals surface area (Å²) in [6.45, 7) is 1.91. The number of halogens is 1. The fourth-order valence-electron chi connectivity index (χ4n) is 2.35. The van der Waals surface area contributed by atoms with Crippen LogP contribution in [0, 0.1) is 5.92 Å². The minimum absolute atomic E-state index is 0.221. The number of unbranched alkanes of at least 4 members (excludes halogenated alkanes) is 2. The lowest BCUT2D eigenvalue weighted by molar-refractivity contribution is -0.142. The molecule has 23 heavy (non-hydrogen) atoms. The smallest absolute Gasteiger partial charge is 0.306 e. The Bertz CT molecular complexity index is 569. The van der Waals surface area contributed by atoms with Gasteiger partial charge in [0, 0.05) is 10.6 Å². The lowest BCUT2D eigenvalue weighted by Crippen LogP contribution is -2.12. The van der Waals surface area contributed by atoms with Crippen molar-refractivity contribution in [3.63, 3.8) is 0 Å². The number of nitrogens with two attached hydrogens (primary N) is 1. The third-order valence-electron chi connectivity index (χ3n) is 3.86. The zero-order valence-electron chi connectivity index (χ0n) is 13.4. The normalized spacial score (nSPS) is 12.4. The monoisotopic (exact) mass is 337 g/mol. The summed E-state index contributed by atoms with van der Waals surface area (Å²) in [4.78, 5) is 21.9. The van der Waals surface area contributed by atoms with Crippen molar-refractivity contribution >= 4 is 23.5 Å². The van der Waals surface area contributed by atoms with Crippen LogP contribution in [0.3, 0.4) is 0 Å². The minimum atomic E-state index is -0.697. The van der Waals surface area contributed by atoms with Gasteiger partial charge in [-0.3, -0.25) is 9.59 Å². The molecule has 1 atom stereocenters. The Morgan fingerprint density at radius 2 is 2.04 bits per heavy atom. The molecule has 3 N–H and O–H groups in total. The summed E-state index contributed by atoms with van der Waals surface area (Å²) in [5.74, 6) is -1.40. The van der Waals surface area contributed by atoms with Crippen molar-refractivity contribution in [1.82, 2.24) is 0 Å². The first-order valence-corrected chi connectivity index (χ1v) is 8.29. The average Bonchev–Trinajstić information content (AvgIpc) is 2.50. The quantitative estimate of drug-likeness (QED) is 0.495.